The molecule has 6 nitrogen and oxygen atoms in total. The molecule has 0 bridgehead atoms. The standard InChI is InChI=1S/C23H20F6N4O2S/c1-2-12-33(20(35)15-5-9-17(10-6-15)23(27,28)29)13-11-18(34)30-21-32-31-19(36-21)14-3-7-16(8-4-14)22(24,25)26/h3-10H,2,11-13H2,1H3,(H,30,32,34). The molecule has 192 valence electrons. The average molecular weight is 530 g/mol. The molecule has 0 saturated heterocycles. The molecular formula is C23H20F6N4O2S. The van der Waals surface area contributed by atoms with Gasteiger partial charge in [0.15, 0.2) is 0 Å². The normalized spacial score (nSPS) is 11.9. The number of carbonyl (C=O) groups is 2. The lowest BCUT2D eigenvalue weighted by molar-refractivity contribution is -0.138. The SMILES string of the molecule is CCCN(CCC(=O)Nc1nnc(-c2ccc(C(F)(F)F)cc2)s1)C(=O)c1ccc(C(F)(F)F)cc1. The lowest BCUT2D eigenvalue weighted by Gasteiger charge is -2.22. The third-order valence-electron chi connectivity index (χ3n) is 4.98. The van der Waals surface area contributed by atoms with Crippen LogP contribution in [0.4, 0.5) is 31.5 Å². The fraction of sp³-hybridized carbons (Fsp3) is 0.304. The number of halogens is 6. The molecule has 0 atom stereocenters. The van der Waals surface area contributed by atoms with Gasteiger partial charge in [-0.25, -0.2) is 0 Å². The highest BCUT2D eigenvalue weighted by Crippen LogP contribution is 2.32. The van der Waals surface area contributed by atoms with Crippen molar-refractivity contribution in [2.45, 2.75) is 32.1 Å². The summed E-state index contributed by atoms with van der Waals surface area (Å²) < 4.78 is 76.4. The monoisotopic (exact) mass is 530 g/mol. The van der Waals surface area contributed by atoms with E-state index in [-0.39, 0.29) is 23.7 Å². The van der Waals surface area contributed by atoms with Crippen LogP contribution >= 0.6 is 11.3 Å². The number of nitrogens with zero attached hydrogens (tertiary/aromatic N) is 3. The molecule has 0 aliphatic carbocycles. The average Bonchev–Trinajstić information content (AvgIpc) is 3.28. The van der Waals surface area contributed by atoms with E-state index in [9.17, 15) is 35.9 Å². The quantitative estimate of drug-likeness (QED) is 0.356. The molecule has 2 aromatic carbocycles. The Bertz CT molecular complexity index is 1190. The van der Waals surface area contributed by atoms with E-state index in [4.69, 9.17) is 0 Å². The third-order valence-corrected chi connectivity index (χ3v) is 5.87. The van der Waals surface area contributed by atoms with E-state index in [1.807, 2.05) is 6.92 Å². The Morgan fingerprint density at radius 1 is 0.861 bits per heavy atom. The van der Waals surface area contributed by atoms with E-state index < -0.39 is 35.3 Å². The molecular weight excluding hydrogens is 510 g/mol. The molecule has 13 heteroatoms. The molecule has 1 aromatic heterocycles. The van der Waals surface area contributed by atoms with Gasteiger partial charge in [0.05, 0.1) is 11.1 Å². The van der Waals surface area contributed by atoms with Crippen LogP contribution in [0, 0.1) is 0 Å². The highest BCUT2D eigenvalue weighted by Gasteiger charge is 2.31. The molecule has 0 aliphatic heterocycles. The topological polar surface area (TPSA) is 75.2 Å². The minimum atomic E-state index is -4.51. The number of carbonyl (C=O) groups excluding carboxylic acids is 2. The third kappa shape index (κ3) is 7.03. The summed E-state index contributed by atoms with van der Waals surface area (Å²) in [6, 6.07) is 8.20. The first-order valence-electron chi connectivity index (χ1n) is 10.7. The lowest BCUT2D eigenvalue weighted by atomic mass is 10.1. The Morgan fingerprint density at radius 2 is 1.42 bits per heavy atom. The van der Waals surface area contributed by atoms with E-state index >= 15 is 0 Å². The summed E-state index contributed by atoms with van der Waals surface area (Å²) in [7, 11) is 0. The van der Waals surface area contributed by atoms with Crippen molar-refractivity contribution in [2.24, 2.45) is 0 Å². The van der Waals surface area contributed by atoms with Crippen molar-refractivity contribution in [3.63, 3.8) is 0 Å². The van der Waals surface area contributed by atoms with Gasteiger partial charge in [-0.2, -0.15) is 26.3 Å². The van der Waals surface area contributed by atoms with Crippen molar-refractivity contribution in [3.8, 4) is 10.6 Å². The van der Waals surface area contributed by atoms with Crippen molar-refractivity contribution >= 4 is 28.3 Å². The van der Waals surface area contributed by atoms with Crippen LogP contribution in [0.15, 0.2) is 48.5 Å². The van der Waals surface area contributed by atoms with E-state index in [0.717, 1.165) is 47.7 Å². The van der Waals surface area contributed by atoms with Gasteiger partial charge in [0.2, 0.25) is 11.0 Å². The van der Waals surface area contributed by atoms with Gasteiger partial charge in [0.1, 0.15) is 5.01 Å². The van der Waals surface area contributed by atoms with Gasteiger partial charge < -0.3 is 10.2 Å². The minimum absolute atomic E-state index is 0.0180. The number of anilines is 1. The number of alkyl halides is 6. The van der Waals surface area contributed by atoms with Crippen LogP contribution in [0.5, 0.6) is 0 Å². The Kier molecular flexibility index (Phi) is 8.33. The van der Waals surface area contributed by atoms with E-state index in [1.165, 1.54) is 17.0 Å². The molecule has 1 heterocycles. The number of rotatable bonds is 8. The zero-order valence-corrected chi connectivity index (χ0v) is 19.6. The van der Waals surface area contributed by atoms with Gasteiger partial charge in [-0.1, -0.05) is 30.4 Å². The summed E-state index contributed by atoms with van der Waals surface area (Å²) in [5, 5.41) is 10.7. The second kappa shape index (κ2) is 11.1. The van der Waals surface area contributed by atoms with Gasteiger partial charge in [-0.05, 0) is 42.8 Å². The van der Waals surface area contributed by atoms with E-state index in [2.05, 4.69) is 15.5 Å². The van der Waals surface area contributed by atoms with Gasteiger partial charge in [-0.3, -0.25) is 9.59 Å². The number of nitrogens with one attached hydrogen (secondary N) is 1. The summed E-state index contributed by atoms with van der Waals surface area (Å²) in [6.45, 7) is 2.13. The first kappa shape index (κ1) is 27.1. The van der Waals surface area contributed by atoms with Crippen LogP contribution < -0.4 is 5.32 Å². The second-order valence-electron chi connectivity index (χ2n) is 7.65. The van der Waals surface area contributed by atoms with E-state index in [0.29, 0.717) is 23.5 Å². The van der Waals surface area contributed by atoms with Crippen molar-refractivity contribution in [3.05, 3.63) is 65.2 Å². The summed E-state index contributed by atoms with van der Waals surface area (Å²) >= 11 is 0.971. The van der Waals surface area contributed by atoms with Gasteiger partial charge >= 0.3 is 12.4 Å². The number of hydrogen-bond acceptors (Lipinski definition) is 5. The zero-order valence-electron chi connectivity index (χ0n) is 18.8. The Balaban J connectivity index is 1.59. The first-order valence-corrected chi connectivity index (χ1v) is 11.5. The highest BCUT2D eigenvalue weighted by atomic mass is 32.1. The Morgan fingerprint density at radius 3 is 1.94 bits per heavy atom. The number of hydrogen-bond donors (Lipinski definition) is 1. The summed E-state index contributed by atoms with van der Waals surface area (Å²) in [6.07, 6.45) is -8.51. The number of amides is 2. The highest BCUT2D eigenvalue weighted by molar-refractivity contribution is 7.18. The number of benzene rings is 2. The van der Waals surface area contributed by atoms with Gasteiger partial charge in [0.25, 0.3) is 5.91 Å². The predicted octanol–water partition coefficient (Wildman–Crippen LogP) is 6.12. The van der Waals surface area contributed by atoms with Crippen LogP contribution in [-0.2, 0) is 17.1 Å². The molecule has 2 amide bonds. The predicted molar refractivity (Wildman–Crippen MR) is 121 cm³/mol. The first-order chi connectivity index (χ1) is 16.9. The Labute approximate surface area is 206 Å². The van der Waals surface area contributed by atoms with Crippen LogP contribution in [0.1, 0.15) is 41.3 Å². The van der Waals surface area contributed by atoms with Crippen molar-refractivity contribution in [1.82, 2.24) is 15.1 Å². The summed E-state index contributed by atoms with van der Waals surface area (Å²) in [5.41, 5.74) is -1.20. The Hall–Kier alpha value is -3.48. The molecule has 36 heavy (non-hydrogen) atoms. The van der Waals surface area contributed by atoms with Crippen molar-refractivity contribution < 1.29 is 35.9 Å². The van der Waals surface area contributed by atoms with Crippen LogP contribution in [0.25, 0.3) is 10.6 Å². The maximum atomic E-state index is 12.8. The minimum Gasteiger partial charge on any atom is -0.338 e. The van der Waals surface area contributed by atoms with Crippen molar-refractivity contribution in [1.29, 1.82) is 0 Å². The molecule has 0 fully saturated rings. The molecule has 3 aromatic rings. The molecule has 0 spiro atoms. The maximum absolute atomic E-state index is 12.8. The molecule has 0 unspecified atom stereocenters. The molecule has 0 aliphatic rings. The number of aromatic nitrogens is 2. The van der Waals surface area contributed by atoms with Gasteiger partial charge in [0, 0.05) is 30.6 Å². The summed E-state index contributed by atoms with van der Waals surface area (Å²) in [4.78, 5) is 26.5. The fourth-order valence-electron chi connectivity index (χ4n) is 3.18. The lowest BCUT2D eigenvalue weighted by Crippen LogP contribution is -2.34. The van der Waals surface area contributed by atoms with Crippen LogP contribution in [0.2, 0.25) is 0 Å². The van der Waals surface area contributed by atoms with Crippen molar-refractivity contribution in [2.75, 3.05) is 18.4 Å². The summed E-state index contributed by atoms with van der Waals surface area (Å²) in [5.74, 6) is -0.981. The second-order valence-corrected chi connectivity index (χ2v) is 8.63. The van der Waals surface area contributed by atoms with Crippen LogP contribution in [-0.4, -0.2) is 40.0 Å². The van der Waals surface area contributed by atoms with Crippen LogP contribution in [0.3, 0.4) is 0 Å². The maximum Gasteiger partial charge on any atom is 0.416 e. The fourth-order valence-corrected chi connectivity index (χ4v) is 3.94. The van der Waals surface area contributed by atoms with Gasteiger partial charge in [-0.15, -0.1) is 10.2 Å². The largest absolute Gasteiger partial charge is 0.416 e. The molecule has 1 N–H and O–H groups in total. The molecule has 3 rings (SSSR count). The smallest absolute Gasteiger partial charge is 0.338 e. The zero-order chi connectivity index (χ0) is 26.5. The molecule has 0 radical (unpaired) electrons. The molecule has 0 saturated carbocycles. The van der Waals surface area contributed by atoms with E-state index in [1.54, 1.807) is 0 Å².